The minimum absolute atomic E-state index is 0.0272. The first-order valence-electron chi connectivity index (χ1n) is 12.9. The van der Waals surface area contributed by atoms with Crippen LogP contribution < -0.4 is 0 Å². The van der Waals surface area contributed by atoms with Gasteiger partial charge in [0.25, 0.3) is 0 Å². The SMILES string of the molecule is CCCCCCCCCC(c1ccccc1)C(OCC)(OCC)C(OCC)(OCC)S(=O)(=O)O. The van der Waals surface area contributed by atoms with Crippen molar-refractivity contribution in [1.82, 2.24) is 0 Å². The molecule has 1 N–H and O–H groups in total. The Kier molecular flexibility index (Phi) is 14.5. The topological polar surface area (TPSA) is 91.3 Å². The Labute approximate surface area is 207 Å². The van der Waals surface area contributed by atoms with Crippen molar-refractivity contribution in [2.24, 2.45) is 0 Å². The van der Waals surface area contributed by atoms with E-state index in [4.69, 9.17) is 18.9 Å². The van der Waals surface area contributed by atoms with E-state index in [9.17, 15) is 13.0 Å². The lowest BCUT2D eigenvalue weighted by atomic mass is 9.84. The molecule has 0 radical (unpaired) electrons. The first kappa shape index (κ1) is 31.0. The zero-order valence-corrected chi connectivity index (χ0v) is 22.6. The molecule has 0 aliphatic heterocycles. The molecule has 1 rings (SSSR count). The van der Waals surface area contributed by atoms with E-state index in [-0.39, 0.29) is 26.4 Å². The summed E-state index contributed by atoms with van der Waals surface area (Å²) in [5.41, 5.74) is 0.836. The van der Waals surface area contributed by atoms with Crippen molar-refractivity contribution in [3.05, 3.63) is 35.9 Å². The van der Waals surface area contributed by atoms with Crippen molar-refractivity contribution in [3.8, 4) is 0 Å². The van der Waals surface area contributed by atoms with E-state index >= 15 is 0 Å². The van der Waals surface area contributed by atoms with E-state index in [2.05, 4.69) is 6.92 Å². The summed E-state index contributed by atoms with van der Waals surface area (Å²) < 4.78 is 60.4. The fourth-order valence-electron chi connectivity index (χ4n) is 4.58. The quantitative estimate of drug-likeness (QED) is 0.127. The van der Waals surface area contributed by atoms with Gasteiger partial charge in [-0.25, -0.2) is 0 Å². The Morgan fingerprint density at radius 1 is 0.735 bits per heavy atom. The van der Waals surface area contributed by atoms with Gasteiger partial charge in [0.2, 0.25) is 5.79 Å². The zero-order valence-electron chi connectivity index (χ0n) is 21.8. The molecule has 1 aromatic carbocycles. The van der Waals surface area contributed by atoms with Crippen LogP contribution in [0.15, 0.2) is 30.3 Å². The molecule has 0 fully saturated rings. The normalized spacial score (nSPS) is 13.8. The fraction of sp³-hybridized carbons (Fsp3) is 0.769. The second kappa shape index (κ2) is 15.9. The molecule has 0 aromatic heterocycles. The van der Waals surface area contributed by atoms with Crippen LogP contribution in [-0.4, -0.2) is 50.3 Å². The highest BCUT2D eigenvalue weighted by Gasteiger charge is 2.68. The van der Waals surface area contributed by atoms with Crippen LogP contribution in [0.2, 0.25) is 0 Å². The van der Waals surface area contributed by atoms with Crippen molar-refractivity contribution in [2.45, 2.75) is 103 Å². The molecule has 0 saturated heterocycles. The smallest absolute Gasteiger partial charge is 0.344 e. The number of hydrogen-bond donors (Lipinski definition) is 1. The minimum atomic E-state index is -4.95. The maximum Gasteiger partial charge on any atom is 0.356 e. The Balaban J connectivity index is 3.56. The van der Waals surface area contributed by atoms with Crippen molar-refractivity contribution in [3.63, 3.8) is 0 Å². The molecule has 0 spiro atoms. The molecule has 1 unspecified atom stereocenters. The maximum atomic E-state index is 13.0. The Morgan fingerprint density at radius 3 is 1.65 bits per heavy atom. The van der Waals surface area contributed by atoms with Crippen LogP contribution in [0, 0.1) is 0 Å². The number of ether oxygens (including phenoxy) is 4. The molecule has 198 valence electrons. The highest BCUT2D eigenvalue weighted by molar-refractivity contribution is 7.87. The predicted octanol–water partition coefficient (Wildman–Crippen LogP) is 6.29. The average molecular weight is 503 g/mol. The Bertz CT molecular complexity index is 740. The molecule has 7 nitrogen and oxygen atoms in total. The van der Waals surface area contributed by atoms with Gasteiger partial charge < -0.3 is 18.9 Å². The third kappa shape index (κ3) is 7.73. The van der Waals surface area contributed by atoms with Crippen molar-refractivity contribution < 1.29 is 31.9 Å². The van der Waals surface area contributed by atoms with E-state index < -0.39 is 26.9 Å². The molecule has 34 heavy (non-hydrogen) atoms. The lowest BCUT2D eigenvalue weighted by molar-refractivity contribution is -0.382. The van der Waals surface area contributed by atoms with Crippen molar-refractivity contribution in [1.29, 1.82) is 0 Å². The highest BCUT2D eigenvalue weighted by atomic mass is 32.2. The van der Waals surface area contributed by atoms with Gasteiger partial charge in [0.05, 0.1) is 0 Å². The lowest BCUT2D eigenvalue weighted by Crippen LogP contribution is -2.67. The molecule has 0 aliphatic carbocycles. The number of benzene rings is 1. The van der Waals surface area contributed by atoms with Gasteiger partial charge in [-0.1, -0.05) is 82.2 Å². The van der Waals surface area contributed by atoms with Crippen LogP contribution in [0.4, 0.5) is 0 Å². The summed E-state index contributed by atoms with van der Waals surface area (Å²) in [7, 11) is -4.95. The fourth-order valence-corrected chi connectivity index (χ4v) is 5.73. The monoisotopic (exact) mass is 502 g/mol. The van der Waals surface area contributed by atoms with Gasteiger partial charge in [0.1, 0.15) is 0 Å². The molecule has 0 bridgehead atoms. The second-order valence-electron chi connectivity index (χ2n) is 8.30. The molecule has 0 aliphatic rings. The Morgan fingerprint density at radius 2 is 1.21 bits per heavy atom. The van der Waals surface area contributed by atoms with Crippen LogP contribution in [-0.2, 0) is 29.1 Å². The van der Waals surface area contributed by atoms with E-state index in [0.29, 0.717) is 6.42 Å². The van der Waals surface area contributed by atoms with Crippen molar-refractivity contribution >= 4 is 10.1 Å². The number of rotatable bonds is 20. The van der Waals surface area contributed by atoms with E-state index in [1.54, 1.807) is 27.7 Å². The van der Waals surface area contributed by atoms with Crippen LogP contribution in [0.1, 0.15) is 97.5 Å². The minimum Gasteiger partial charge on any atom is -0.344 e. The summed E-state index contributed by atoms with van der Waals surface area (Å²) in [5, 5.41) is -2.54. The van der Waals surface area contributed by atoms with Gasteiger partial charge in [-0.3, -0.25) is 4.55 Å². The lowest BCUT2D eigenvalue weighted by Gasteiger charge is -2.49. The summed E-state index contributed by atoms with van der Waals surface area (Å²) in [4.78, 5) is 0. The van der Waals surface area contributed by atoms with Gasteiger partial charge in [-0.15, -0.1) is 0 Å². The van der Waals surface area contributed by atoms with Crippen LogP contribution in [0.5, 0.6) is 0 Å². The van der Waals surface area contributed by atoms with Gasteiger partial charge in [0, 0.05) is 32.3 Å². The maximum absolute atomic E-state index is 13.0. The molecule has 0 saturated carbocycles. The standard InChI is InChI=1S/C26H46O7S/c1-6-11-12-13-14-15-19-22-24(23-20-17-16-18-21-23)25(30-7-2,31-8-3)26(32-9-4,33-10-5)34(27,28)29/h16-18,20-21,24H,6-15,19,22H2,1-5H3,(H,27,28,29). The van der Waals surface area contributed by atoms with E-state index in [0.717, 1.165) is 24.8 Å². The summed E-state index contributed by atoms with van der Waals surface area (Å²) >= 11 is 0. The third-order valence-electron chi connectivity index (χ3n) is 5.91. The summed E-state index contributed by atoms with van der Waals surface area (Å²) in [6.07, 6.45) is 8.38. The highest BCUT2D eigenvalue weighted by Crippen LogP contribution is 2.49. The molecule has 1 aromatic rings. The molecule has 8 heteroatoms. The Hall–Kier alpha value is -1.03. The van der Waals surface area contributed by atoms with E-state index in [1.807, 2.05) is 30.3 Å². The first-order valence-corrected chi connectivity index (χ1v) is 14.3. The van der Waals surface area contributed by atoms with Gasteiger partial charge >= 0.3 is 15.2 Å². The summed E-state index contributed by atoms with van der Waals surface area (Å²) in [5.74, 6) is -2.48. The first-order chi connectivity index (χ1) is 16.3. The molecule has 0 heterocycles. The van der Waals surface area contributed by atoms with E-state index in [1.165, 1.54) is 25.7 Å². The molecule has 0 amide bonds. The predicted molar refractivity (Wildman–Crippen MR) is 135 cm³/mol. The molecular formula is C26H46O7S. The average Bonchev–Trinajstić information content (AvgIpc) is 2.80. The van der Waals surface area contributed by atoms with Crippen LogP contribution in [0.3, 0.4) is 0 Å². The van der Waals surface area contributed by atoms with Crippen molar-refractivity contribution in [2.75, 3.05) is 26.4 Å². The second-order valence-corrected chi connectivity index (χ2v) is 9.79. The third-order valence-corrected chi connectivity index (χ3v) is 7.11. The van der Waals surface area contributed by atoms with Gasteiger partial charge in [-0.05, 0) is 39.7 Å². The van der Waals surface area contributed by atoms with Gasteiger partial charge in [0.15, 0.2) is 0 Å². The molecule has 1 atom stereocenters. The number of hydrogen-bond acceptors (Lipinski definition) is 6. The number of unbranched alkanes of at least 4 members (excludes halogenated alkanes) is 6. The molecular weight excluding hydrogens is 456 g/mol. The zero-order chi connectivity index (χ0) is 25.5. The summed E-state index contributed by atoms with van der Waals surface area (Å²) in [6, 6.07) is 9.54. The summed E-state index contributed by atoms with van der Waals surface area (Å²) in [6.45, 7) is 9.23. The van der Waals surface area contributed by atoms with Gasteiger partial charge in [-0.2, -0.15) is 8.42 Å². The largest absolute Gasteiger partial charge is 0.356 e. The van der Waals surface area contributed by atoms with Crippen LogP contribution in [0.25, 0.3) is 0 Å². The van der Waals surface area contributed by atoms with Crippen LogP contribution >= 0.6 is 0 Å².